The molecule has 0 radical (unpaired) electrons. The molecule has 2 atom stereocenters. The van der Waals surface area contributed by atoms with Crippen molar-refractivity contribution in [3.05, 3.63) is 29.3 Å². The van der Waals surface area contributed by atoms with E-state index >= 15 is 0 Å². The fourth-order valence-corrected chi connectivity index (χ4v) is 8.24. The van der Waals surface area contributed by atoms with Gasteiger partial charge < -0.3 is 14.4 Å². The highest BCUT2D eigenvalue weighted by molar-refractivity contribution is 6.10. The monoisotopic (exact) mass is 521 g/mol. The van der Waals surface area contributed by atoms with E-state index in [1.54, 1.807) is 4.90 Å². The zero-order chi connectivity index (χ0) is 26.0. The number of hydrogen-bond acceptors (Lipinski definition) is 6. The van der Waals surface area contributed by atoms with E-state index < -0.39 is 5.54 Å². The van der Waals surface area contributed by atoms with E-state index in [1.807, 2.05) is 25.3 Å². The summed E-state index contributed by atoms with van der Waals surface area (Å²) in [7, 11) is 1.84. The number of ether oxygens (including phenoxy) is 2. The van der Waals surface area contributed by atoms with Crippen molar-refractivity contribution in [3.63, 3.8) is 0 Å². The van der Waals surface area contributed by atoms with Crippen molar-refractivity contribution >= 4 is 17.7 Å². The first kappa shape index (κ1) is 24.6. The van der Waals surface area contributed by atoms with Gasteiger partial charge in [0.05, 0.1) is 6.10 Å². The van der Waals surface area contributed by atoms with E-state index in [-0.39, 0.29) is 29.7 Å². The summed E-state index contributed by atoms with van der Waals surface area (Å²) in [6, 6.07) is 6.24. The van der Waals surface area contributed by atoms with Crippen molar-refractivity contribution in [2.75, 3.05) is 20.2 Å². The number of amides is 3. The molecule has 1 aromatic rings. The molecule has 3 saturated carbocycles. The van der Waals surface area contributed by atoms with Crippen LogP contribution in [-0.2, 0) is 20.9 Å². The lowest BCUT2D eigenvalue weighted by molar-refractivity contribution is -0.160. The lowest BCUT2D eigenvalue weighted by Crippen LogP contribution is -2.73. The summed E-state index contributed by atoms with van der Waals surface area (Å²) < 4.78 is 12.2. The SMILES string of the molecule is COC1CCC(C2CN([C@@H]3CCCC[C@@H]3Oc3ccc4c(c3)CN(C35CC(C3)C(=O)NC5=O)C4=O)C2)CC1. The largest absolute Gasteiger partial charge is 0.489 e. The molecule has 7 aliphatic rings. The van der Waals surface area contributed by atoms with Gasteiger partial charge in [0.1, 0.15) is 17.4 Å². The van der Waals surface area contributed by atoms with Gasteiger partial charge in [-0.05, 0) is 93.4 Å². The number of rotatable bonds is 6. The maximum Gasteiger partial charge on any atom is 0.255 e. The van der Waals surface area contributed by atoms with Crippen LogP contribution in [0.5, 0.6) is 5.75 Å². The number of piperidine rings is 2. The number of methoxy groups -OCH3 is 1. The standard InChI is InChI=1S/C30H39N3O5/c1-37-22-8-6-18(7-9-22)21-15-32(16-21)25-4-2-3-5-26(25)38-23-10-11-24-19(12-23)17-33(28(24)35)30-13-20(14-30)27(34)31-29(30)36/h10-12,18,20-22,25-26H,2-9,13-17H2,1H3,(H,31,34,36)/t18?,20?,22?,25-,26+,30?/m1/s1. The van der Waals surface area contributed by atoms with Crippen LogP contribution in [0.1, 0.15) is 80.1 Å². The molecular weight excluding hydrogens is 482 g/mol. The number of nitrogens with zero attached hydrogens (tertiary/aromatic N) is 2. The molecule has 3 aliphatic carbocycles. The molecule has 4 aliphatic heterocycles. The summed E-state index contributed by atoms with van der Waals surface area (Å²) in [6.45, 7) is 2.77. The van der Waals surface area contributed by atoms with E-state index in [9.17, 15) is 14.4 Å². The molecule has 8 rings (SSSR count). The maximum atomic E-state index is 13.2. The summed E-state index contributed by atoms with van der Waals surface area (Å²) in [5.41, 5.74) is 0.688. The van der Waals surface area contributed by atoms with Gasteiger partial charge in [-0.1, -0.05) is 6.42 Å². The average Bonchev–Trinajstić information content (AvgIpc) is 3.19. The van der Waals surface area contributed by atoms with Gasteiger partial charge in [-0.15, -0.1) is 0 Å². The van der Waals surface area contributed by atoms with Crippen LogP contribution in [0.3, 0.4) is 0 Å². The highest BCUT2D eigenvalue weighted by Crippen LogP contribution is 2.49. The Balaban J connectivity index is 0.994. The minimum atomic E-state index is -0.874. The van der Waals surface area contributed by atoms with E-state index in [4.69, 9.17) is 9.47 Å². The van der Waals surface area contributed by atoms with Gasteiger partial charge >= 0.3 is 0 Å². The van der Waals surface area contributed by atoms with E-state index in [2.05, 4.69) is 10.2 Å². The van der Waals surface area contributed by atoms with Crippen molar-refractivity contribution in [1.29, 1.82) is 0 Å². The second-order valence-electron chi connectivity index (χ2n) is 12.7. The molecule has 4 heterocycles. The fraction of sp³-hybridized carbons (Fsp3) is 0.700. The summed E-state index contributed by atoms with van der Waals surface area (Å²) in [5.74, 6) is 1.66. The van der Waals surface area contributed by atoms with Crippen molar-refractivity contribution < 1.29 is 23.9 Å². The van der Waals surface area contributed by atoms with Crippen LogP contribution in [-0.4, -0.2) is 71.5 Å². The van der Waals surface area contributed by atoms with Crippen LogP contribution in [0, 0.1) is 17.8 Å². The topological polar surface area (TPSA) is 88.2 Å². The third-order valence-corrected chi connectivity index (χ3v) is 10.7. The number of benzene rings is 1. The molecule has 8 heteroatoms. The summed E-state index contributed by atoms with van der Waals surface area (Å²) in [4.78, 5) is 42.2. The van der Waals surface area contributed by atoms with E-state index in [0.29, 0.717) is 37.1 Å². The van der Waals surface area contributed by atoms with Crippen molar-refractivity contribution in [1.82, 2.24) is 15.1 Å². The minimum absolute atomic E-state index is 0.115. The minimum Gasteiger partial charge on any atom is -0.489 e. The van der Waals surface area contributed by atoms with E-state index in [1.165, 1.54) is 58.0 Å². The predicted molar refractivity (Wildman–Crippen MR) is 139 cm³/mol. The second kappa shape index (κ2) is 9.33. The fourth-order valence-electron chi connectivity index (χ4n) is 8.24. The Bertz CT molecular complexity index is 1130. The summed E-state index contributed by atoms with van der Waals surface area (Å²) in [5, 5.41) is 2.46. The van der Waals surface area contributed by atoms with Crippen molar-refractivity contribution in [2.24, 2.45) is 17.8 Å². The molecule has 8 nitrogen and oxygen atoms in total. The lowest BCUT2D eigenvalue weighted by atomic mass is 9.63. The smallest absolute Gasteiger partial charge is 0.255 e. The zero-order valence-corrected chi connectivity index (χ0v) is 22.3. The molecule has 6 fully saturated rings. The van der Waals surface area contributed by atoms with Gasteiger partial charge in [-0.2, -0.15) is 0 Å². The number of fused-ring (bicyclic) bond motifs is 3. The van der Waals surface area contributed by atoms with Crippen LogP contribution >= 0.6 is 0 Å². The van der Waals surface area contributed by atoms with Crippen LogP contribution < -0.4 is 10.1 Å². The number of carbonyl (C=O) groups excluding carboxylic acids is 3. The molecule has 0 unspecified atom stereocenters. The molecule has 3 saturated heterocycles. The number of hydrogen-bond donors (Lipinski definition) is 1. The Kier molecular flexibility index (Phi) is 6.04. The molecule has 38 heavy (non-hydrogen) atoms. The van der Waals surface area contributed by atoms with Gasteiger partial charge in [0.15, 0.2) is 0 Å². The predicted octanol–water partition coefficient (Wildman–Crippen LogP) is 3.27. The molecular formula is C30H39N3O5. The van der Waals surface area contributed by atoms with Crippen LogP contribution in [0.2, 0.25) is 0 Å². The Hall–Kier alpha value is -2.45. The summed E-state index contributed by atoms with van der Waals surface area (Å²) in [6.07, 6.45) is 11.2. The Morgan fingerprint density at radius 1 is 0.947 bits per heavy atom. The number of nitrogens with one attached hydrogen (secondary N) is 1. The Labute approximate surface area is 224 Å². The van der Waals surface area contributed by atoms with Crippen LogP contribution in [0.25, 0.3) is 0 Å². The Morgan fingerprint density at radius 3 is 2.45 bits per heavy atom. The third-order valence-electron chi connectivity index (χ3n) is 10.7. The third kappa shape index (κ3) is 3.89. The first-order valence-electron chi connectivity index (χ1n) is 14.7. The molecule has 1 aromatic carbocycles. The molecule has 0 spiro atoms. The summed E-state index contributed by atoms with van der Waals surface area (Å²) >= 11 is 0. The van der Waals surface area contributed by atoms with Gasteiger partial charge in [0, 0.05) is 44.3 Å². The van der Waals surface area contributed by atoms with Gasteiger partial charge in [0.25, 0.3) is 11.8 Å². The van der Waals surface area contributed by atoms with Gasteiger partial charge in [0.2, 0.25) is 5.91 Å². The first-order chi connectivity index (χ1) is 18.4. The molecule has 3 amide bonds. The Morgan fingerprint density at radius 2 is 1.71 bits per heavy atom. The first-order valence-corrected chi connectivity index (χ1v) is 14.7. The van der Waals surface area contributed by atoms with Gasteiger partial charge in [-0.3, -0.25) is 24.6 Å². The van der Waals surface area contributed by atoms with Crippen LogP contribution in [0.4, 0.5) is 0 Å². The quantitative estimate of drug-likeness (QED) is 0.578. The zero-order valence-electron chi connectivity index (χ0n) is 22.3. The van der Waals surface area contributed by atoms with Crippen molar-refractivity contribution in [3.8, 4) is 5.75 Å². The average molecular weight is 522 g/mol. The molecule has 204 valence electrons. The number of imide groups is 1. The molecule has 2 bridgehead atoms. The van der Waals surface area contributed by atoms with Crippen LogP contribution in [0.15, 0.2) is 18.2 Å². The number of likely N-dealkylation sites (tertiary alicyclic amines) is 1. The van der Waals surface area contributed by atoms with E-state index in [0.717, 1.165) is 29.6 Å². The second-order valence-corrected chi connectivity index (χ2v) is 12.7. The highest BCUT2D eigenvalue weighted by Gasteiger charge is 2.63. The lowest BCUT2D eigenvalue weighted by Gasteiger charge is -2.53. The number of carbonyl (C=O) groups is 3. The molecule has 1 N–H and O–H groups in total. The van der Waals surface area contributed by atoms with Gasteiger partial charge in [-0.25, -0.2) is 0 Å². The highest BCUT2D eigenvalue weighted by atomic mass is 16.5. The van der Waals surface area contributed by atoms with Crippen molar-refractivity contribution in [2.45, 2.75) is 94.5 Å². The maximum absolute atomic E-state index is 13.2. The normalized spacial score (nSPS) is 37.3. The molecule has 0 aromatic heterocycles.